The molecule has 0 spiro atoms. The summed E-state index contributed by atoms with van der Waals surface area (Å²) in [7, 11) is 0. The Bertz CT molecular complexity index is 502. The van der Waals surface area contributed by atoms with E-state index in [1.54, 1.807) is 12.1 Å². The first-order valence-corrected chi connectivity index (χ1v) is 7.82. The van der Waals surface area contributed by atoms with E-state index < -0.39 is 4.92 Å². The topological polar surface area (TPSA) is 58.4 Å². The molecule has 1 aromatic carbocycles. The number of halogens is 1. The summed E-state index contributed by atoms with van der Waals surface area (Å²) in [6.07, 6.45) is 2.37. The van der Waals surface area contributed by atoms with Crippen LogP contribution in [0.5, 0.6) is 0 Å². The van der Waals surface area contributed by atoms with Gasteiger partial charge < -0.3 is 10.2 Å². The molecule has 0 aromatic heterocycles. The van der Waals surface area contributed by atoms with E-state index in [1.807, 2.05) is 0 Å². The molecule has 1 N–H and O–H groups in total. The van der Waals surface area contributed by atoms with Crippen LogP contribution in [0.3, 0.4) is 0 Å². The molecule has 0 saturated carbocycles. The van der Waals surface area contributed by atoms with Gasteiger partial charge in [0, 0.05) is 17.8 Å². The van der Waals surface area contributed by atoms with Crippen LogP contribution in [-0.4, -0.2) is 35.5 Å². The molecule has 5 nitrogen and oxygen atoms in total. The van der Waals surface area contributed by atoms with Gasteiger partial charge in [0.25, 0.3) is 5.69 Å². The SMILES string of the molecule is CCN1CCC(C(C)Nc2ccc([N+](=O)[O-])c(Cl)c2)CC1. The van der Waals surface area contributed by atoms with Gasteiger partial charge in [0.1, 0.15) is 5.02 Å². The zero-order valence-electron chi connectivity index (χ0n) is 12.5. The van der Waals surface area contributed by atoms with Gasteiger partial charge in [-0.3, -0.25) is 10.1 Å². The minimum atomic E-state index is -0.462. The molecular weight excluding hydrogens is 290 g/mol. The van der Waals surface area contributed by atoms with Crippen LogP contribution in [0.2, 0.25) is 5.02 Å². The molecule has 2 rings (SSSR count). The molecule has 1 atom stereocenters. The Kier molecular flexibility index (Phi) is 5.42. The second kappa shape index (κ2) is 7.09. The van der Waals surface area contributed by atoms with Crippen molar-refractivity contribution in [2.75, 3.05) is 25.0 Å². The molecule has 1 heterocycles. The van der Waals surface area contributed by atoms with Crippen LogP contribution in [0, 0.1) is 16.0 Å². The third-order valence-corrected chi connectivity index (χ3v) is 4.63. The zero-order valence-corrected chi connectivity index (χ0v) is 13.3. The molecule has 1 saturated heterocycles. The summed E-state index contributed by atoms with van der Waals surface area (Å²) < 4.78 is 0. The Morgan fingerprint density at radius 3 is 2.67 bits per heavy atom. The van der Waals surface area contributed by atoms with Crippen LogP contribution in [0.25, 0.3) is 0 Å². The van der Waals surface area contributed by atoms with Crippen molar-refractivity contribution in [2.45, 2.75) is 32.7 Å². The van der Waals surface area contributed by atoms with E-state index in [0.29, 0.717) is 12.0 Å². The van der Waals surface area contributed by atoms with E-state index in [-0.39, 0.29) is 10.7 Å². The van der Waals surface area contributed by atoms with Gasteiger partial charge >= 0.3 is 0 Å². The molecule has 1 aromatic rings. The largest absolute Gasteiger partial charge is 0.382 e. The number of rotatable bonds is 5. The van der Waals surface area contributed by atoms with Crippen LogP contribution in [0.15, 0.2) is 18.2 Å². The molecule has 0 amide bonds. The number of nitrogens with one attached hydrogen (secondary N) is 1. The van der Waals surface area contributed by atoms with Crippen molar-refractivity contribution in [3.63, 3.8) is 0 Å². The predicted molar refractivity (Wildman–Crippen MR) is 86.0 cm³/mol. The lowest BCUT2D eigenvalue weighted by Gasteiger charge is -2.34. The summed E-state index contributed by atoms with van der Waals surface area (Å²) in [5.74, 6) is 0.627. The van der Waals surface area contributed by atoms with Crippen LogP contribution < -0.4 is 5.32 Å². The Morgan fingerprint density at radius 2 is 2.14 bits per heavy atom. The molecule has 0 bridgehead atoms. The van der Waals surface area contributed by atoms with Gasteiger partial charge in [-0.15, -0.1) is 0 Å². The van der Waals surface area contributed by atoms with Crippen LogP contribution in [0.4, 0.5) is 11.4 Å². The van der Waals surface area contributed by atoms with Crippen molar-refractivity contribution in [1.82, 2.24) is 4.90 Å². The second-order valence-corrected chi connectivity index (χ2v) is 6.04. The molecule has 21 heavy (non-hydrogen) atoms. The van der Waals surface area contributed by atoms with E-state index in [2.05, 4.69) is 24.1 Å². The molecule has 1 aliphatic rings. The standard InChI is InChI=1S/C15H22ClN3O2/c1-3-18-8-6-12(7-9-18)11(2)17-13-4-5-15(19(20)21)14(16)10-13/h4-5,10-12,17H,3,6-9H2,1-2H3. The first-order valence-electron chi connectivity index (χ1n) is 7.44. The average molecular weight is 312 g/mol. The van der Waals surface area contributed by atoms with Crippen molar-refractivity contribution in [2.24, 2.45) is 5.92 Å². The van der Waals surface area contributed by atoms with Gasteiger partial charge in [0.05, 0.1) is 4.92 Å². The highest BCUT2D eigenvalue weighted by Gasteiger charge is 2.23. The highest BCUT2D eigenvalue weighted by Crippen LogP contribution is 2.29. The highest BCUT2D eigenvalue weighted by atomic mass is 35.5. The number of hydrogen-bond donors (Lipinski definition) is 1. The summed E-state index contributed by atoms with van der Waals surface area (Å²) >= 11 is 5.94. The van der Waals surface area contributed by atoms with Gasteiger partial charge in [0.15, 0.2) is 0 Å². The van der Waals surface area contributed by atoms with E-state index in [4.69, 9.17) is 11.6 Å². The van der Waals surface area contributed by atoms with Crippen LogP contribution >= 0.6 is 11.6 Å². The number of benzene rings is 1. The predicted octanol–water partition coefficient (Wildman–Crippen LogP) is 3.78. The Balaban J connectivity index is 1.95. The molecule has 1 fully saturated rings. The zero-order chi connectivity index (χ0) is 15.4. The maximum Gasteiger partial charge on any atom is 0.288 e. The van der Waals surface area contributed by atoms with Gasteiger partial charge in [-0.25, -0.2) is 0 Å². The lowest BCUT2D eigenvalue weighted by atomic mass is 9.90. The minimum Gasteiger partial charge on any atom is -0.382 e. The lowest BCUT2D eigenvalue weighted by molar-refractivity contribution is -0.384. The fourth-order valence-corrected chi connectivity index (χ4v) is 3.14. The first-order chi connectivity index (χ1) is 10.0. The number of piperidine rings is 1. The first kappa shape index (κ1) is 16.0. The smallest absolute Gasteiger partial charge is 0.288 e. The highest BCUT2D eigenvalue weighted by molar-refractivity contribution is 6.32. The van der Waals surface area contributed by atoms with Gasteiger partial charge in [-0.2, -0.15) is 0 Å². The summed E-state index contributed by atoms with van der Waals surface area (Å²) in [6.45, 7) is 7.78. The van der Waals surface area contributed by atoms with Gasteiger partial charge in [-0.05, 0) is 57.5 Å². The molecule has 1 aliphatic heterocycles. The minimum absolute atomic E-state index is 0.0499. The molecule has 1 unspecified atom stereocenters. The number of likely N-dealkylation sites (tertiary alicyclic amines) is 1. The van der Waals surface area contributed by atoms with Crippen LogP contribution in [0.1, 0.15) is 26.7 Å². The number of nitro benzene ring substituents is 1. The van der Waals surface area contributed by atoms with Crippen molar-refractivity contribution in [3.8, 4) is 0 Å². The molecule has 0 aliphatic carbocycles. The number of hydrogen-bond acceptors (Lipinski definition) is 4. The summed E-state index contributed by atoms with van der Waals surface area (Å²) in [5.41, 5.74) is 0.794. The maximum absolute atomic E-state index is 10.8. The quantitative estimate of drug-likeness (QED) is 0.664. The Hall–Kier alpha value is -1.33. The third-order valence-electron chi connectivity index (χ3n) is 4.33. The fourth-order valence-electron chi connectivity index (χ4n) is 2.89. The lowest BCUT2D eigenvalue weighted by Crippen LogP contribution is -2.39. The third kappa shape index (κ3) is 4.08. The summed E-state index contributed by atoms with van der Waals surface area (Å²) in [4.78, 5) is 12.8. The van der Waals surface area contributed by atoms with Crippen molar-refractivity contribution < 1.29 is 4.92 Å². The molecular formula is C15H22ClN3O2. The van der Waals surface area contributed by atoms with E-state index >= 15 is 0 Å². The normalized spacial score (nSPS) is 18.4. The second-order valence-electron chi connectivity index (χ2n) is 5.63. The Labute approximate surface area is 130 Å². The molecule has 0 radical (unpaired) electrons. The van der Waals surface area contributed by atoms with Crippen molar-refractivity contribution in [1.29, 1.82) is 0 Å². The average Bonchev–Trinajstić information content (AvgIpc) is 2.47. The van der Waals surface area contributed by atoms with E-state index in [0.717, 1.165) is 25.3 Å². The van der Waals surface area contributed by atoms with Crippen LogP contribution in [-0.2, 0) is 0 Å². The summed E-state index contributed by atoms with van der Waals surface area (Å²) in [5, 5.41) is 14.4. The summed E-state index contributed by atoms with van der Waals surface area (Å²) in [6, 6.07) is 5.15. The number of nitro groups is 1. The number of nitrogens with zero attached hydrogens (tertiary/aromatic N) is 2. The van der Waals surface area contributed by atoms with Crippen molar-refractivity contribution >= 4 is 23.0 Å². The van der Waals surface area contributed by atoms with E-state index in [1.165, 1.54) is 18.9 Å². The van der Waals surface area contributed by atoms with Crippen molar-refractivity contribution in [3.05, 3.63) is 33.3 Å². The van der Waals surface area contributed by atoms with Gasteiger partial charge in [0.2, 0.25) is 0 Å². The fraction of sp³-hybridized carbons (Fsp3) is 0.600. The maximum atomic E-state index is 10.8. The van der Waals surface area contributed by atoms with E-state index in [9.17, 15) is 10.1 Å². The molecule has 6 heteroatoms. The van der Waals surface area contributed by atoms with Gasteiger partial charge in [-0.1, -0.05) is 18.5 Å². The monoisotopic (exact) mass is 311 g/mol. The Morgan fingerprint density at radius 1 is 1.48 bits per heavy atom. The molecule has 116 valence electrons. The number of anilines is 1.